The van der Waals surface area contributed by atoms with Crippen molar-refractivity contribution in [2.24, 2.45) is 0 Å². The van der Waals surface area contributed by atoms with Crippen molar-refractivity contribution in [2.75, 3.05) is 5.32 Å². The second-order valence-corrected chi connectivity index (χ2v) is 6.64. The molecule has 0 aliphatic rings. The highest BCUT2D eigenvalue weighted by atomic mass is 79.9. The van der Waals surface area contributed by atoms with Crippen LogP contribution in [0.15, 0.2) is 34.8 Å². The van der Waals surface area contributed by atoms with Crippen LogP contribution in [0.3, 0.4) is 0 Å². The third kappa shape index (κ3) is 4.59. The molecule has 0 aromatic heterocycles. The summed E-state index contributed by atoms with van der Waals surface area (Å²) in [6.45, 7) is 3.41. The first-order valence-electron chi connectivity index (χ1n) is 6.66. The number of carbonyl (C=O) groups is 1. The number of amides is 1. The number of hydrogen-bond donors (Lipinski definition) is 1. The Kier molecular flexibility index (Phi) is 5.89. The smallest absolute Gasteiger partial charge is 0.265 e. The van der Waals surface area contributed by atoms with Crippen molar-refractivity contribution < 1.29 is 13.9 Å². The molecule has 0 saturated heterocycles. The van der Waals surface area contributed by atoms with Crippen molar-refractivity contribution in [3.05, 3.63) is 56.2 Å². The Hall–Kier alpha value is -1.30. The minimum atomic E-state index is -0.812. The molecule has 1 N–H and O–H groups in total. The number of anilines is 1. The Morgan fingerprint density at radius 2 is 1.96 bits per heavy atom. The van der Waals surface area contributed by atoms with E-state index >= 15 is 0 Å². The molecule has 0 aliphatic carbocycles. The predicted molar refractivity (Wildman–Crippen MR) is 94.0 cm³/mol. The zero-order valence-electron chi connectivity index (χ0n) is 12.3. The zero-order valence-corrected chi connectivity index (χ0v) is 15.4. The molecular weight excluding hydrogens is 408 g/mol. The van der Waals surface area contributed by atoms with Crippen LogP contribution >= 0.6 is 39.1 Å². The van der Waals surface area contributed by atoms with Crippen LogP contribution in [0.1, 0.15) is 12.5 Å². The van der Waals surface area contributed by atoms with Gasteiger partial charge in [-0.3, -0.25) is 4.79 Å². The van der Waals surface area contributed by atoms with E-state index in [1.807, 2.05) is 13.0 Å². The van der Waals surface area contributed by atoms with E-state index in [4.69, 9.17) is 27.9 Å². The summed E-state index contributed by atoms with van der Waals surface area (Å²) in [6.07, 6.45) is -0.812. The topological polar surface area (TPSA) is 38.3 Å². The van der Waals surface area contributed by atoms with Crippen molar-refractivity contribution in [2.45, 2.75) is 20.0 Å². The van der Waals surface area contributed by atoms with Crippen LogP contribution in [-0.2, 0) is 4.79 Å². The largest absolute Gasteiger partial charge is 0.479 e. The van der Waals surface area contributed by atoms with E-state index in [9.17, 15) is 9.18 Å². The fraction of sp³-hybridized carbons (Fsp3) is 0.188. The van der Waals surface area contributed by atoms with Crippen LogP contribution in [-0.4, -0.2) is 12.0 Å². The zero-order chi connectivity index (χ0) is 17.1. The summed E-state index contributed by atoms with van der Waals surface area (Å²) in [5.41, 5.74) is 1.11. The Balaban J connectivity index is 2.11. The SMILES string of the molecule is Cc1cc(Br)cc(Cl)c1O[C@@H](C)C(=O)Nc1ccc(F)cc1Cl. The van der Waals surface area contributed by atoms with Gasteiger partial charge >= 0.3 is 0 Å². The quantitative estimate of drug-likeness (QED) is 0.697. The molecule has 1 amide bonds. The van der Waals surface area contributed by atoms with E-state index in [1.54, 1.807) is 13.0 Å². The molecule has 0 aliphatic heterocycles. The molecule has 3 nitrogen and oxygen atoms in total. The van der Waals surface area contributed by atoms with Gasteiger partial charge in [0.15, 0.2) is 6.10 Å². The molecule has 0 saturated carbocycles. The third-order valence-corrected chi connectivity index (χ3v) is 4.10. The molecule has 0 radical (unpaired) electrons. The highest BCUT2D eigenvalue weighted by Crippen LogP contribution is 2.33. The molecule has 0 spiro atoms. The second kappa shape index (κ2) is 7.51. The van der Waals surface area contributed by atoms with Crippen LogP contribution in [0, 0.1) is 12.7 Å². The number of rotatable bonds is 4. The van der Waals surface area contributed by atoms with E-state index in [0.717, 1.165) is 16.1 Å². The van der Waals surface area contributed by atoms with E-state index < -0.39 is 17.8 Å². The lowest BCUT2D eigenvalue weighted by Crippen LogP contribution is -2.30. The van der Waals surface area contributed by atoms with Gasteiger partial charge in [0.1, 0.15) is 11.6 Å². The van der Waals surface area contributed by atoms with Crippen molar-refractivity contribution in [1.82, 2.24) is 0 Å². The van der Waals surface area contributed by atoms with Gasteiger partial charge in [0.2, 0.25) is 0 Å². The molecule has 1 atom stereocenters. The maximum Gasteiger partial charge on any atom is 0.265 e. The Bertz CT molecular complexity index is 732. The molecule has 7 heteroatoms. The average Bonchev–Trinajstić information content (AvgIpc) is 2.45. The Morgan fingerprint density at radius 1 is 1.26 bits per heavy atom. The summed E-state index contributed by atoms with van der Waals surface area (Å²) in [6, 6.07) is 7.25. The number of aryl methyl sites for hydroxylation is 1. The van der Waals surface area contributed by atoms with Crippen molar-refractivity contribution in [1.29, 1.82) is 0 Å². The highest BCUT2D eigenvalue weighted by molar-refractivity contribution is 9.10. The molecule has 23 heavy (non-hydrogen) atoms. The first-order chi connectivity index (χ1) is 10.8. The maximum atomic E-state index is 13.0. The van der Waals surface area contributed by atoms with Gasteiger partial charge in [-0.2, -0.15) is 0 Å². The maximum absolute atomic E-state index is 13.0. The van der Waals surface area contributed by atoms with Gasteiger partial charge < -0.3 is 10.1 Å². The van der Waals surface area contributed by atoms with Crippen molar-refractivity contribution in [3.63, 3.8) is 0 Å². The molecule has 0 bridgehead atoms. The lowest BCUT2D eigenvalue weighted by molar-refractivity contribution is -0.122. The predicted octanol–water partition coefficient (Wildman–Crippen LogP) is 5.61. The molecule has 2 aromatic rings. The van der Waals surface area contributed by atoms with Crippen LogP contribution in [0.4, 0.5) is 10.1 Å². The number of halogens is 4. The fourth-order valence-electron chi connectivity index (χ4n) is 1.89. The molecular formula is C16H13BrCl2FNO2. The van der Waals surface area contributed by atoms with Gasteiger partial charge in [-0.15, -0.1) is 0 Å². The number of benzene rings is 2. The van der Waals surface area contributed by atoms with Gasteiger partial charge in [-0.05, 0) is 49.7 Å². The molecule has 122 valence electrons. The van der Waals surface area contributed by atoms with Gasteiger partial charge in [-0.25, -0.2) is 4.39 Å². The number of hydrogen-bond acceptors (Lipinski definition) is 2. The average molecular weight is 421 g/mol. The Morgan fingerprint density at radius 3 is 2.57 bits per heavy atom. The molecule has 2 rings (SSSR count). The summed E-state index contributed by atoms with van der Waals surface area (Å²) < 4.78 is 19.5. The first-order valence-corrected chi connectivity index (χ1v) is 8.21. The van der Waals surface area contributed by atoms with Gasteiger partial charge in [0.25, 0.3) is 5.91 Å². The number of carbonyl (C=O) groups excluding carboxylic acids is 1. The summed E-state index contributed by atoms with van der Waals surface area (Å²) in [7, 11) is 0. The van der Waals surface area contributed by atoms with Crippen LogP contribution in [0.5, 0.6) is 5.75 Å². The number of ether oxygens (including phenoxy) is 1. The number of nitrogens with one attached hydrogen (secondary N) is 1. The summed E-state index contributed by atoms with van der Waals surface area (Å²) in [5, 5.41) is 3.11. The van der Waals surface area contributed by atoms with Gasteiger partial charge in [-0.1, -0.05) is 39.1 Å². The summed E-state index contributed by atoms with van der Waals surface area (Å²) in [4.78, 5) is 12.2. The fourth-order valence-corrected chi connectivity index (χ4v) is 3.12. The molecule has 0 fully saturated rings. The minimum absolute atomic E-state index is 0.114. The van der Waals surface area contributed by atoms with Crippen molar-refractivity contribution >= 4 is 50.7 Å². The molecule has 2 aromatic carbocycles. The first kappa shape index (κ1) is 18.0. The van der Waals surface area contributed by atoms with E-state index in [0.29, 0.717) is 16.5 Å². The lowest BCUT2D eigenvalue weighted by atomic mass is 10.2. The highest BCUT2D eigenvalue weighted by Gasteiger charge is 2.19. The lowest BCUT2D eigenvalue weighted by Gasteiger charge is -2.18. The normalized spacial score (nSPS) is 11.9. The summed E-state index contributed by atoms with van der Waals surface area (Å²) >= 11 is 15.4. The molecule has 0 heterocycles. The van der Waals surface area contributed by atoms with Crippen LogP contribution < -0.4 is 10.1 Å². The standard InChI is InChI=1S/C16H13BrCl2FNO2/c1-8-5-10(17)6-13(19)15(8)23-9(2)16(22)21-14-4-3-11(20)7-12(14)18/h3-7,9H,1-2H3,(H,21,22)/t9-/m0/s1. The van der Waals surface area contributed by atoms with E-state index in [2.05, 4.69) is 21.2 Å². The van der Waals surface area contributed by atoms with Gasteiger partial charge in [0, 0.05) is 4.47 Å². The van der Waals surface area contributed by atoms with E-state index in [1.165, 1.54) is 12.1 Å². The molecule has 0 unspecified atom stereocenters. The Labute approximate surface area is 151 Å². The van der Waals surface area contributed by atoms with Crippen LogP contribution in [0.25, 0.3) is 0 Å². The van der Waals surface area contributed by atoms with Gasteiger partial charge in [0.05, 0.1) is 15.7 Å². The third-order valence-electron chi connectivity index (χ3n) is 3.05. The monoisotopic (exact) mass is 419 g/mol. The summed E-state index contributed by atoms with van der Waals surface area (Å²) in [5.74, 6) is -0.464. The van der Waals surface area contributed by atoms with Crippen molar-refractivity contribution in [3.8, 4) is 5.75 Å². The minimum Gasteiger partial charge on any atom is -0.479 e. The second-order valence-electron chi connectivity index (χ2n) is 4.91. The van der Waals surface area contributed by atoms with E-state index in [-0.39, 0.29) is 5.02 Å². The van der Waals surface area contributed by atoms with Crippen LogP contribution in [0.2, 0.25) is 10.0 Å².